The van der Waals surface area contributed by atoms with Gasteiger partial charge in [0.1, 0.15) is 36.3 Å². The molecule has 3 aliphatic heterocycles. The van der Waals surface area contributed by atoms with Gasteiger partial charge in [0, 0.05) is 12.0 Å². The highest BCUT2D eigenvalue weighted by Crippen LogP contribution is 2.47. The lowest BCUT2D eigenvalue weighted by Crippen LogP contribution is -2.73. The molecule has 0 radical (unpaired) electrons. The predicted octanol–water partition coefficient (Wildman–Crippen LogP) is -1.68. The Balaban J connectivity index is 1.48. The number of esters is 2. The van der Waals surface area contributed by atoms with Crippen LogP contribution in [0.15, 0.2) is 24.3 Å². The Morgan fingerprint density at radius 2 is 2.00 bits per heavy atom. The number of allylic oxidation sites excluding steroid dienone is 1. The van der Waals surface area contributed by atoms with Gasteiger partial charge in [-0.3, -0.25) is 4.57 Å². The molecule has 15 nitrogen and oxygen atoms in total. The number of imidazole rings is 1. The van der Waals surface area contributed by atoms with Crippen LogP contribution in [0.5, 0.6) is 0 Å². The molecule has 5 heterocycles. The number of aromatic nitrogens is 4. The fraction of sp³-hybridized carbons (Fsp3) is 0.591. The quantitative estimate of drug-likeness (QED) is 0.262. The summed E-state index contributed by atoms with van der Waals surface area (Å²) in [6.45, 7) is 3.09. The van der Waals surface area contributed by atoms with Crippen LogP contribution in [-0.4, -0.2) is 102 Å². The lowest BCUT2D eigenvalue weighted by Gasteiger charge is -2.52. The Hall–Kier alpha value is -3.21. The fourth-order valence-electron chi connectivity index (χ4n) is 4.87. The molecule has 2 aromatic heterocycles. The zero-order chi connectivity index (χ0) is 26.6. The normalized spacial score (nSPS) is 37.6. The van der Waals surface area contributed by atoms with E-state index in [2.05, 4.69) is 15.0 Å². The van der Waals surface area contributed by atoms with E-state index >= 15 is 0 Å². The largest absolute Gasteiger partial charge is 0.467 e. The van der Waals surface area contributed by atoms with Gasteiger partial charge in [0.05, 0.1) is 19.5 Å². The number of aliphatic hydroxyl groups excluding tert-OH is 2. The fourth-order valence-corrected chi connectivity index (χ4v) is 4.87. The van der Waals surface area contributed by atoms with Crippen molar-refractivity contribution in [1.82, 2.24) is 19.5 Å². The number of rotatable bonds is 4. The average Bonchev–Trinajstić information content (AvgIpc) is 3.45. The third-order valence-corrected chi connectivity index (χ3v) is 6.96. The molecule has 5 N–H and O–H groups in total. The van der Waals surface area contributed by atoms with Crippen molar-refractivity contribution in [2.24, 2.45) is 0 Å². The molecule has 3 saturated heterocycles. The van der Waals surface area contributed by atoms with Crippen molar-refractivity contribution in [2.45, 2.75) is 75.0 Å². The Kier molecular flexibility index (Phi) is 6.37. The van der Waals surface area contributed by atoms with Crippen LogP contribution in [-0.2, 0) is 33.3 Å². The van der Waals surface area contributed by atoms with Gasteiger partial charge in [0.2, 0.25) is 5.79 Å². The Labute approximate surface area is 209 Å². The molecule has 2 aromatic rings. The van der Waals surface area contributed by atoms with Crippen LogP contribution in [0.2, 0.25) is 0 Å². The average molecular weight is 521 g/mol. The second kappa shape index (κ2) is 9.27. The third-order valence-electron chi connectivity index (χ3n) is 6.96. The molecular formula is C22H27N5O10. The highest BCUT2D eigenvalue weighted by molar-refractivity contribution is 5.88. The highest BCUT2D eigenvalue weighted by atomic mass is 16.7. The van der Waals surface area contributed by atoms with E-state index in [-0.39, 0.29) is 17.8 Å². The van der Waals surface area contributed by atoms with Crippen molar-refractivity contribution < 1.29 is 48.6 Å². The van der Waals surface area contributed by atoms with E-state index in [0.29, 0.717) is 11.2 Å². The Morgan fingerprint density at radius 3 is 2.70 bits per heavy atom. The number of fused-ring (bicyclic) bond motifs is 3. The van der Waals surface area contributed by atoms with E-state index in [4.69, 9.17) is 29.4 Å². The van der Waals surface area contributed by atoms with Crippen molar-refractivity contribution in [1.29, 1.82) is 0 Å². The molecule has 0 bridgehead atoms. The topological polar surface area (TPSA) is 211 Å². The number of anilines is 1. The van der Waals surface area contributed by atoms with Crippen LogP contribution < -0.4 is 5.73 Å². The number of hydrogen-bond acceptors (Lipinski definition) is 14. The summed E-state index contributed by atoms with van der Waals surface area (Å²) in [5.41, 5.74) is 6.66. The van der Waals surface area contributed by atoms with Crippen LogP contribution >= 0.6 is 0 Å². The summed E-state index contributed by atoms with van der Waals surface area (Å²) in [7, 11) is 1.10. The van der Waals surface area contributed by atoms with Crippen molar-refractivity contribution in [2.75, 3.05) is 12.8 Å². The van der Waals surface area contributed by atoms with Gasteiger partial charge in [-0.2, -0.15) is 0 Å². The number of carbonyl (C=O) groups excluding carboxylic acids is 2. The monoisotopic (exact) mass is 521 g/mol. The van der Waals surface area contributed by atoms with Gasteiger partial charge in [-0.15, -0.1) is 0 Å². The summed E-state index contributed by atoms with van der Waals surface area (Å²) in [6.07, 6.45) is -6.84. The number of ether oxygens (including phenoxy) is 5. The lowest BCUT2D eigenvalue weighted by molar-refractivity contribution is -0.396. The second-order valence-electron chi connectivity index (χ2n) is 9.07. The molecule has 0 amide bonds. The Morgan fingerprint density at radius 1 is 1.24 bits per heavy atom. The summed E-state index contributed by atoms with van der Waals surface area (Å²) in [5.74, 6) is -4.08. The molecule has 3 fully saturated rings. The summed E-state index contributed by atoms with van der Waals surface area (Å²) in [4.78, 5) is 37.1. The van der Waals surface area contributed by atoms with E-state index in [1.165, 1.54) is 30.2 Å². The molecule has 0 aromatic carbocycles. The number of methoxy groups -OCH3 is 1. The van der Waals surface area contributed by atoms with E-state index in [1.54, 1.807) is 6.92 Å². The van der Waals surface area contributed by atoms with Gasteiger partial charge in [-0.25, -0.2) is 24.5 Å². The molecule has 0 saturated carbocycles. The zero-order valence-electron chi connectivity index (χ0n) is 20.1. The summed E-state index contributed by atoms with van der Waals surface area (Å²) in [5, 5.41) is 33.7. The van der Waals surface area contributed by atoms with E-state index in [0.717, 1.165) is 7.11 Å². The minimum atomic E-state index is -2.43. The number of nitrogens with two attached hydrogens (primary N) is 1. The van der Waals surface area contributed by atoms with Gasteiger partial charge < -0.3 is 44.7 Å². The number of nitrogen functional groups attached to an aromatic ring is 1. The summed E-state index contributed by atoms with van der Waals surface area (Å²) < 4.78 is 29.2. The van der Waals surface area contributed by atoms with Gasteiger partial charge in [0.25, 0.3) is 0 Å². The van der Waals surface area contributed by atoms with Crippen LogP contribution in [0, 0.1) is 0 Å². The Bertz CT molecular complexity index is 1250. The molecule has 37 heavy (non-hydrogen) atoms. The number of nitrogens with zero attached hydrogens (tertiary/aromatic N) is 4. The van der Waals surface area contributed by atoms with Crippen molar-refractivity contribution in [3.8, 4) is 0 Å². The van der Waals surface area contributed by atoms with Gasteiger partial charge in [-0.05, 0) is 13.8 Å². The van der Waals surface area contributed by atoms with Gasteiger partial charge in [0.15, 0.2) is 29.9 Å². The van der Waals surface area contributed by atoms with Crippen LogP contribution in [0.4, 0.5) is 5.82 Å². The first-order valence-corrected chi connectivity index (χ1v) is 11.5. The van der Waals surface area contributed by atoms with Crippen molar-refractivity contribution in [3.05, 3.63) is 24.3 Å². The minimum Gasteiger partial charge on any atom is -0.467 e. The molecule has 15 heteroatoms. The summed E-state index contributed by atoms with van der Waals surface area (Å²) >= 11 is 0. The maximum atomic E-state index is 12.6. The molecule has 0 unspecified atom stereocenters. The first-order chi connectivity index (χ1) is 17.6. The van der Waals surface area contributed by atoms with Gasteiger partial charge in [-0.1, -0.05) is 6.08 Å². The molecule has 200 valence electrons. The predicted molar refractivity (Wildman–Crippen MR) is 120 cm³/mol. The zero-order valence-corrected chi connectivity index (χ0v) is 20.1. The first kappa shape index (κ1) is 25.4. The van der Waals surface area contributed by atoms with E-state index in [1.807, 2.05) is 0 Å². The molecule has 3 aliphatic rings. The molecule has 9 atom stereocenters. The number of hydrogen-bond donors (Lipinski definition) is 4. The standard InChI is InChI=1S/C22H27N5O10/c1-4-8(2)20(30)36-16-12(28)15(21(31)33-3)35-10-5-9-14(37-22(10,16)32)13(29)19(34-9)27-7-26-11-17(23)24-6-25-18(11)27/h4,6-7,9-10,12-16,19,28-29,32H,5H2,1-3H3,(H2,23,24,25)/b8-4+/t9-,10-,12-,13-,14+,15+,16+,19-,22-/m1/s1. The molecule has 5 rings (SSSR count). The van der Waals surface area contributed by atoms with Crippen LogP contribution in [0.3, 0.4) is 0 Å². The SMILES string of the molecule is C/C=C(\C)C(=O)O[C@H]1[C@H](O)[C@@H](C(=O)OC)O[C@@H]2C[C@H]3O[C@@H](n4cnc5c(N)ncnc54)[C@H](O)[C@H]3O[C@]21O. The van der Waals surface area contributed by atoms with Crippen molar-refractivity contribution >= 4 is 28.9 Å². The molecular weight excluding hydrogens is 494 g/mol. The smallest absolute Gasteiger partial charge is 0.337 e. The molecule has 0 aliphatic carbocycles. The van der Waals surface area contributed by atoms with Crippen molar-refractivity contribution in [3.63, 3.8) is 0 Å². The summed E-state index contributed by atoms with van der Waals surface area (Å²) in [6, 6.07) is 0. The minimum absolute atomic E-state index is 0.0880. The van der Waals surface area contributed by atoms with E-state index in [9.17, 15) is 24.9 Å². The molecule has 0 spiro atoms. The number of carbonyl (C=O) groups is 2. The van der Waals surface area contributed by atoms with Crippen LogP contribution in [0.1, 0.15) is 26.5 Å². The number of aliphatic hydroxyl groups is 3. The highest BCUT2D eigenvalue weighted by Gasteiger charge is 2.67. The maximum absolute atomic E-state index is 12.6. The lowest BCUT2D eigenvalue weighted by atomic mass is 9.84. The van der Waals surface area contributed by atoms with Crippen LogP contribution in [0.25, 0.3) is 11.2 Å². The van der Waals surface area contributed by atoms with E-state index < -0.39 is 66.7 Å². The van der Waals surface area contributed by atoms with Gasteiger partial charge >= 0.3 is 11.9 Å². The first-order valence-electron chi connectivity index (χ1n) is 11.5. The second-order valence-corrected chi connectivity index (χ2v) is 9.07. The maximum Gasteiger partial charge on any atom is 0.337 e. The third kappa shape index (κ3) is 3.94.